The van der Waals surface area contributed by atoms with Crippen LogP contribution in [-0.2, 0) is 14.8 Å². The summed E-state index contributed by atoms with van der Waals surface area (Å²) in [6.45, 7) is -2.63. The number of nitriles is 1. The van der Waals surface area contributed by atoms with Gasteiger partial charge in [-0.3, -0.25) is 10.1 Å². The molecule has 0 radical (unpaired) electrons. The van der Waals surface area contributed by atoms with E-state index >= 15 is 0 Å². The molecular formula is C12H11F2N3O5S. The number of nitro benzene ring substituents is 1. The van der Waals surface area contributed by atoms with Crippen LogP contribution in [0.3, 0.4) is 0 Å². The number of halogens is 2. The second-order valence-corrected chi connectivity index (χ2v) is 6.70. The minimum absolute atomic E-state index is 0.244. The first-order chi connectivity index (χ1) is 10.7. The van der Waals surface area contributed by atoms with E-state index in [9.17, 15) is 27.3 Å². The van der Waals surface area contributed by atoms with Crippen molar-refractivity contribution in [3.05, 3.63) is 33.9 Å². The van der Waals surface area contributed by atoms with Gasteiger partial charge in [0.05, 0.1) is 23.6 Å². The molecule has 1 aliphatic heterocycles. The Kier molecular flexibility index (Phi) is 4.60. The normalized spacial score (nSPS) is 18.8. The lowest BCUT2D eigenvalue weighted by molar-refractivity contribution is -0.385. The number of sulfonamides is 1. The first-order valence-corrected chi connectivity index (χ1v) is 7.76. The minimum atomic E-state index is -4.51. The molecule has 0 N–H and O–H groups in total. The highest BCUT2D eigenvalue weighted by Gasteiger charge is 2.40. The summed E-state index contributed by atoms with van der Waals surface area (Å²) in [7, 11) is -4.51. The molecule has 1 aromatic carbocycles. The van der Waals surface area contributed by atoms with E-state index in [1.165, 1.54) is 0 Å². The lowest BCUT2D eigenvalue weighted by Crippen LogP contribution is -2.41. The van der Waals surface area contributed by atoms with Crippen molar-refractivity contribution in [2.75, 3.05) is 26.3 Å². The summed E-state index contributed by atoms with van der Waals surface area (Å²) in [6.07, 6.45) is 0. The number of ether oxygens (including phenoxy) is 1. The second kappa shape index (κ2) is 6.15. The second-order valence-electron chi connectivity index (χ2n) is 4.80. The van der Waals surface area contributed by atoms with Crippen LogP contribution in [0.15, 0.2) is 23.1 Å². The third-order valence-electron chi connectivity index (χ3n) is 3.12. The Morgan fingerprint density at radius 1 is 1.43 bits per heavy atom. The van der Waals surface area contributed by atoms with Crippen LogP contribution in [0.2, 0.25) is 0 Å². The molecule has 1 aliphatic rings. The predicted octanol–water partition coefficient (Wildman–Crippen LogP) is 1.12. The van der Waals surface area contributed by atoms with E-state index in [1.54, 1.807) is 6.07 Å². The third kappa shape index (κ3) is 3.61. The quantitative estimate of drug-likeness (QED) is 0.598. The minimum Gasteiger partial charge on any atom is -0.374 e. The predicted molar refractivity (Wildman–Crippen MR) is 72.3 cm³/mol. The number of hydrogen-bond donors (Lipinski definition) is 0. The van der Waals surface area contributed by atoms with Gasteiger partial charge in [0.2, 0.25) is 10.0 Å². The van der Waals surface area contributed by atoms with Gasteiger partial charge in [0.15, 0.2) is 0 Å². The Balaban J connectivity index is 2.52. The molecule has 0 aliphatic carbocycles. The van der Waals surface area contributed by atoms with Crippen LogP contribution in [0.5, 0.6) is 0 Å². The van der Waals surface area contributed by atoms with Gasteiger partial charge in [-0.25, -0.2) is 17.2 Å². The number of hydrogen-bond acceptors (Lipinski definition) is 6. The van der Waals surface area contributed by atoms with Crippen molar-refractivity contribution in [3.8, 4) is 6.07 Å². The summed E-state index contributed by atoms with van der Waals surface area (Å²) in [5, 5.41) is 19.8. The van der Waals surface area contributed by atoms with Gasteiger partial charge in [0.1, 0.15) is 17.6 Å². The number of rotatable bonds is 3. The highest BCUT2D eigenvalue weighted by Crippen LogP contribution is 2.28. The van der Waals surface area contributed by atoms with Gasteiger partial charge in [-0.05, 0) is 6.07 Å². The van der Waals surface area contributed by atoms with Crippen molar-refractivity contribution in [1.29, 1.82) is 5.26 Å². The maximum Gasteiger partial charge on any atom is 0.284 e. The van der Waals surface area contributed by atoms with Gasteiger partial charge in [-0.2, -0.15) is 9.57 Å². The molecule has 0 saturated carbocycles. The van der Waals surface area contributed by atoms with Gasteiger partial charge >= 0.3 is 0 Å². The van der Waals surface area contributed by atoms with Crippen LogP contribution in [-0.4, -0.2) is 49.9 Å². The largest absolute Gasteiger partial charge is 0.374 e. The number of nitrogens with zero attached hydrogens (tertiary/aromatic N) is 3. The van der Waals surface area contributed by atoms with Crippen molar-refractivity contribution >= 4 is 15.7 Å². The molecule has 1 aromatic rings. The molecule has 0 aromatic heterocycles. The highest BCUT2D eigenvalue weighted by atomic mass is 32.2. The Morgan fingerprint density at radius 3 is 2.74 bits per heavy atom. The Labute approximate surface area is 130 Å². The fraction of sp³-hybridized carbons (Fsp3) is 0.417. The first kappa shape index (κ1) is 17.2. The third-order valence-corrected chi connectivity index (χ3v) is 5.01. The van der Waals surface area contributed by atoms with E-state index in [2.05, 4.69) is 4.74 Å². The van der Waals surface area contributed by atoms with Crippen molar-refractivity contribution in [2.45, 2.75) is 10.8 Å². The molecule has 0 bridgehead atoms. The molecule has 23 heavy (non-hydrogen) atoms. The van der Waals surface area contributed by atoms with E-state index in [0.717, 1.165) is 12.1 Å². The molecule has 0 unspecified atom stereocenters. The van der Waals surface area contributed by atoms with Crippen LogP contribution in [0, 0.1) is 21.4 Å². The monoisotopic (exact) mass is 347 g/mol. The number of benzene rings is 1. The summed E-state index contributed by atoms with van der Waals surface area (Å²) in [5.41, 5.74) is -0.913. The smallest absolute Gasteiger partial charge is 0.284 e. The van der Waals surface area contributed by atoms with Crippen molar-refractivity contribution < 1.29 is 26.9 Å². The van der Waals surface area contributed by atoms with E-state index in [1.807, 2.05) is 0 Å². The van der Waals surface area contributed by atoms with Crippen molar-refractivity contribution in [3.63, 3.8) is 0 Å². The summed E-state index contributed by atoms with van der Waals surface area (Å²) < 4.78 is 57.3. The molecule has 124 valence electrons. The fourth-order valence-corrected chi connectivity index (χ4v) is 3.66. The maximum absolute atomic E-state index is 13.5. The molecule has 0 atom stereocenters. The number of alkyl halides is 2. The topological polar surface area (TPSA) is 114 Å². The molecule has 0 amide bonds. The van der Waals surface area contributed by atoms with Gasteiger partial charge in [-0.15, -0.1) is 0 Å². The summed E-state index contributed by atoms with van der Waals surface area (Å²) in [6, 6.07) is 4.23. The van der Waals surface area contributed by atoms with Crippen molar-refractivity contribution in [1.82, 2.24) is 4.31 Å². The van der Waals surface area contributed by atoms with E-state index < -0.39 is 44.6 Å². The number of nitro groups is 1. The average Bonchev–Trinajstić information content (AvgIpc) is 2.67. The average molecular weight is 347 g/mol. The molecule has 1 fully saturated rings. The Hall–Kier alpha value is -2.16. The zero-order valence-electron chi connectivity index (χ0n) is 11.6. The first-order valence-electron chi connectivity index (χ1n) is 6.32. The van der Waals surface area contributed by atoms with Crippen LogP contribution in [0.4, 0.5) is 14.5 Å². The van der Waals surface area contributed by atoms with Gasteiger partial charge < -0.3 is 4.74 Å². The standard InChI is InChI=1S/C12H11F2N3O5S/c13-12(14)7-16(3-4-22-8-12)23(20,21)11-5-10(17(18)19)2-1-9(11)6-15/h1-2,5H,3-4,7-8H2. The van der Waals surface area contributed by atoms with Crippen LogP contribution in [0.25, 0.3) is 0 Å². The molecule has 1 heterocycles. The summed E-state index contributed by atoms with van der Waals surface area (Å²) >= 11 is 0. The van der Waals surface area contributed by atoms with E-state index in [0.29, 0.717) is 10.4 Å². The van der Waals surface area contributed by atoms with Crippen LogP contribution in [0.1, 0.15) is 5.56 Å². The van der Waals surface area contributed by atoms with Gasteiger partial charge in [-0.1, -0.05) is 0 Å². The highest BCUT2D eigenvalue weighted by molar-refractivity contribution is 7.89. The SMILES string of the molecule is N#Cc1ccc([N+](=O)[O-])cc1S(=O)(=O)N1CCOCC(F)(F)C1. The van der Waals surface area contributed by atoms with Gasteiger partial charge in [0, 0.05) is 18.7 Å². The van der Waals surface area contributed by atoms with Crippen LogP contribution >= 0.6 is 0 Å². The molecule has 11 heteroatoms. The van der Waals surface area contributed by atoms with Crippen LogP contribution < -0.4 is 0 Å². The molecule has 2 rings (SSSR count). The Morgan fingerprint density at radius 2 is 2.13 bits per heavy atom. The maximum atomic E-state index is 13.5. The number of non-ortho nitro benzene ring substituents is 1. The van der Waals surface area contributed by atoms with Gasteiger partial charge in [0.25, 0.3) is 11.6 Å². The fourth-order valence-electron chi connectivity index (χ4n) is 2.05. The molecule has 8 nitrogen and oxygen atoms in total. The van der Waals surface area contributed by atoms with E-state index in [-0.39, 0.29) is 18.7 Å². The molecule has 1 saturated heterocycles. The molecular weight excluding hydrogens is 336 g/mol. The lowest BCUT2D eigenvalue weighted by atomic mass is 10.2. The lowest BCUT2D eigenvalue weighted by Gasteiger charge is -2.23. The summed E-state index contributed by atoms with van der Waals surface area (Å²) in [4.78, 5) is 9.28. The molecule has 0 spiro atoms. The van der Waals surface area contributed by atoms with E-state index in [4.69, 9.17) is 5.26 Å². The zero-order chi connectivity index (χ0) is 17.3. The summed E-state index contributed by atoms with van der Waals surface area (Å²) in [5.74, 6) is -3.39. The zero-order valence-corrected chi connectivity index (χ0v) is 12.4. The van der Waals surface area contributed by atoms with Crippen molar-refractivity contribution in [2.24, 2.45) is 0 Å². The Bertz CT molecular complexity index is 775.